The third kappa shape index (κ3) is 5.59. The van der Waals surface area contributed by atoms with Gasteiger partial charge >= 0.3 is 0 Å². The fourth-order valence-corrected chi connectivity index (χ4v) is 6.73. The van der Waals surface area contributed by atoms with Crippen LogP contribution in [-0.2, 0) is 25.0 Å². The second-order valence-electron chi connectivity index (χ2n) is 9.83. The highest BCUT2D eigenvalue weighted by Crippen LogP contribution is 2.43. The van der Waals surface area contributed by atoms with Crippen LogP contribution in [0.3, 0.4) is 0 Å². The maximum absolute atomic E-state index is 13.1. The Morgan fingerprint density at radius 1 is 0.943 bits per heavy atom. The van der Waals surface area contributed by atoms with E-state index >= 15 is 0 Å². The largest absolute Gasteiger partial charge is 0.355 e. The molecule has 4 rings (SSSR count). The van der Waals surface area contributed by atoms with E-state index in [-0.39, 0.29) is 43.2 Å². The summed E-state index contributed by atoms with van der Waals surface area (Å²) < 4.78 is 27.7. The summed E-state index contributed by atoms with van der Waals surface area (Å²) in [4.78, 5) is 27.2. The lowest BCUT2D eigenvalue weighted by Gasteiger charge is -2.42. The second-order valence-corrected chi connectivity index (χ2v) is 11.7. The van der Waals surface area contributed by atoms with Gasteiger partial charge in [-0.1, -0.05) is 48.9 Å². The molecular weight excluding hydrogens is 462 g/mol. The zero-order valence-electron chi connectivity index (χ0n) is 20.6. The Morgan fingerprint density at radius 3 is 2.26 bits per heavy atom. The molecule has 1 saturated heterocycles. The molecule has 1 N–H and O–H groups in total. The summed E-state index contributed by atoms with van der Waals surface area (Å²) in [6.07, 6.45) is 3.56. The van der Waals surface area contributed by atoms with Crippen LogP contribution < -0.4 is 5.32 Å². The van der Waals surface area contributed by atoms with E-state index in [1.807, 2.05) is 37.3 Å². The first kappa shape index (κ1) is 25.4. The van der Waals surface area contributed by atoms with Crippen molar-refractivity contribution in [3.8, 4) is 0 Å². The van der Waals surface area contributed by atoms with Crippen molar-refractivity contribution in [3.63, 3.8) is 0 Å². The predicted molar refractivity (Wildman–Crippen MR) is 135 cm³/mol. The van der Waals surface area contributed by atoms with Crippen LogP contribution >= 0.6 is 0 Å². The van der Waals surface area contributed by atoms with Gasteiger partial charge < -0.3 is 10.2 Å². The van der Waals surface area contributed by atoms with Gasteiger partial charge in [-0.05, 0) is 49.4 Å². The Morgan fingerprint density at radius 2 is 1.63 bits per heavy atom. The molecule has 188 valence electrons. The van der Waals surface area contributed by atoms with Crippen molar-refractivity contribution >= 4 is 21.8 Å². The maximum Gasteiger partial charge on any atom is 0.243 e. The fraction of sp³-hybridized carbons (Fsp3) is 0.481. The van der Waals surface area contributed by atoms with E-state index in [4.69, 9.17) is 0 Å². The zero-order chi connectivity index (χ0) is 25.1. The molecule has 2 amide bonds. The summed E-state index contributed by atoms with van der Waals surface area (Å²) >= 11 is 0. The van der Waals surface area contributed by atoms with Crippen molar-refractivity contribution in [3.05, 3.63) is 65.2 Å². The minimum atomic E-state index is -3.60. The molecular formula is C27H35N3O4S. The van der Waals surface area contributed by atoms with Gasteiger partial charge in [-0.3, -0.25) is 9.59 Å². The van der Waals surface area contributed by atoms with Crippen LogP contribution in [-0.4, -0.2) is 62.2 Å². The number of hydrogen-bond acceptors (Lipinski definition) is 4. The van der Waals surface area contributed by atoms with Gasteiger partial charge in [0.25, 0.3) is 0 Å². The normalized spacial score (nSPS) is 18.1. The first-order valence-electron chi connectivity index (χ1n) is 12.4. The molecule has 2 fully saturated rings. The average molecular weight is 498 g/mol. The lowest BCUT2D eigenvalue weighted by atomic mass is 9.64. The van der Waals surface area contributed by atoms with Crippen molar-refractivity contribution in [2.75, 3.05) is 32.7 Å². The van der Waals surface area contributed by atoms with E-state index < -0.39 is 10.0 Å². The van der Waals surface area contributed by atoms with E-state index in [9.17, 15) is 18.0 Å². The summed E-state index contributed by atoms with van der Waals surface area (Å²) in [5.74, 6) is -0.220. The van der Waals surface area contributed by atoms with Gasteiger partial charge in [-0.15, -0.1) is 0 Å². The van der Waals surface area contributed by atoms with E-state index in [1.165, 1.54) is 9.87 Å². The molecule has 0 bridgehead atoms. The second kappa shape index (κ2) is 10.5. The topological polar surface area (TPSA) is 86.8 Å². The summed E-state index contributed by atoms with van der Waals surface area (Å²) in [5, 5.41) is 3.04. The Hall–Kier alpha value is -2.71. The van der Waals surface area contributed by atoms with Gasteiger partial charge in [0.05, 0.1) is 4.90 Å². The molecule has 1 aliphatic heterocycles. The molecule has 1 aliphatic carbocycles. The molecule has 1 saturated carbocycles. The fourth-order valence-electron chi connectivity index (χ4n) is 5.00. The van der Waals surface area contributed by atoms with Gasteiger partial charge in [0.2, 0.25) is 21.8 Å². The number of nitrogens with zero attached hydrogens (tertiary/aromatic N) is 2. The van der Waals surface area contributed by atoms with Gasteiger partial charge in [0, 0.05) is 51.0 Å². The van der Waals surface area contributed by atoms with Crippen LogP contribution in [0.1, 0.15) is 48.8 Å². The Kier molecular flexibility index (Phi) is 7.62. The van der Waals surface area contributed by atoms with Crippen molar-refractivity contribution in [1.82, 2.24) is 14.5 Å². The van der Waals surface area contributed by atoms with Crippen LogP contribution in [0.25, 0.3) is 0 Å². The van der Waals surface area contributed by atoms with Gasteiger partial charge in [-0.2, -0.15) is 4.31 Å². The standard InChI is InChI=1S/C27H35N3O4S/c1-21-9-10-22(2)24(19-21)35(33,34)30-17-15-29(16-18-30)26(32)12-11-25(31)28-20-27(13-6-14-27)23-7-4-3-5-8-23/h3-5,7-10,19H,6,11-18,20H2,1-2H3,(H,28,31). The highest BCUT2D eigenvalue weighted by Gasteiger charge is 2.38. The first-order chi connectivity index (χ1) is 16.7. The lowest BCUT2D eigenvalue weighted by Crippen LogP contribution is -2.50. The van der Waals surface area contributed by atoms with Crippen molar-refractivity contribution in [2.45, 2.75) is 56.3 Å². The van der Waals surface area contributed by atoms with E-state index in [2.05, 4.69) is 17.4 Å². The predicted octanol–water partition coefficient (Wildman–Crippen LogP) is 3.15. The molecule has 8 heteroatoms. The van der Waals surface area contributed by atoms with Crippen LogP contribution in [0.2, 0.25) is 0 Å². The van der Waals surface area contributed by atoms with E-state index in [0.717, 1.165) is 30.4 Å². The third-order valence-corrected chi connectivity index (χ3v) is 9.48. The minimum Gasteiger partial charge on any atom is -0.355 e. The third-order valence-electron chi connectivity index (χ3n) is 7.44. The number of piperazine rings is 1. The molecule has 2 aromatic carbocycles. The molecule has 2 aliphatic rings. The molecule has 0 unspecified atom stereocenters. The number of sulfonamides is 1. The van der Waals surface area contributed by atoms with Gasteiger partial charge in [0.1, 0.15) is 0 Å². The molecule has 35 heavy (non-hydrogen) atoms. The van der Waals surface area contributed by atoms with Crippen LogP contribution in [0.4, 0.5) is 0 Å². The lowest BCUT2D eigenvalue weighted by molar-refractivity contribution is -0.134. The number of rotatable bonds is 8. The van der Waals surface area contributed by atoms with Crippen LogP contribution in [0, 0.1) is 13.8 Å². The monoisotopic (exact) mass is 497 g/mol. The Labute approximate surface area is 208 Å². The van der Waals surface area contributed by atoms with E-state index in [0.29, 0.717) is 24.5 Å². The minimum absolute atomic E-state index is 0.0123. The summed E-state index contributed by atoms with van der Waals surface area (Å²) in [6.45, 7) is 5.45. The number of nitrogens with one attached hydrogen (secondary N) is 1. The SMILES string of the molecule is Cc1ccc(C)c(S(=O)(=O)N2CCN(C(=O)CCC(=O)NCC3(c4ccccc4)CCC3)CC2)c1. The van der Waals surface area contributed by atoms with Crippen molar-refractivity contribution in [1.29, 1.82) is 0 Å². The molecule has 2 aromatic rings. The van der Waals surface area contributed by atoms with Crippen molar-refractivity contribution < 1.29 is 18.0 Å². The van der Waals surface area contributed by atoms with Gasteiger partial charge in [-0.25, -0.2) is 8.42 Å². The highest BCUT2D eigenvalue weighted by atomic mass is 32.2. The number of hydrogen-bond donors (Lipinski definition) is 1. The van der Waals surface area contributed by atoms with E-state index in [1.54, 1.807) is 17.9 Å². The molecule has 0 spiro atoms. The number of carbonyl (C=O) groups excluding carboxylic acids is 2. The first-order valence-corrected chi connectivity index (χ1v) is 13.8. The Bertz CT molecular complexity index is 1170. The summed E-state index contributed by atoms with van der Waals surface area (Å²) in [6, 6.07) is 15.7. The quantitative estimate of drug-likeness (QED) is 0.607. The summed E-state index contributed by atoms with van der Waals surface area (Å²) in [7, 11) is -3.60. The van der Waals surface area contributed by atoms with Crippen LogP contribution in [0.5, 0.6) is 0 Å². The smallest absolute Gasteiger partial charge is 0.243 e. The highest BCUT2D eigenvalue weighted by molar-refractivity contribution is 7.89. The Balaban J connectivity index is 1.24. The van der Waals surface area contributed by atoms with Crippen LogP contribution in [0.15, 0.2) is 53.4 Å². The summed E-state index contributed by atoms with van der Waals surface area (Å²) in [5.41, 5.74) is 2.89. The number of benzene rings is 2. The molecule has 0 atom stereocenters. The molecule has 0 aromatic heterocycles. The average Bonchev–Trinajstić information content (AvgIpc) is 2.84. The number of carbonyl (C=O) groups is 2. The molecule has 0 radical (unpaired) electrons. The zero-order valence-corrected chi connectivity index (χ0v) is 21.4. The van der Waals surface area contributed by atoms with Gasteiger partial charge in [0.15, 0.2) is 0 Å². The molecule has 1 heterocycles. The molecule has 7 nitrogen and oxygen atoms in total. The van der Waals surface area contributed by atoms with Crippen molar-refractivity contribution in [2.24, 2.45) is 0 Å². The number of amides is 2. The number of aryl methyl sites for hydroxylation is 2. The maximum atomic E-state index is 13.1.